The van der Waals surface area contributed by atoms with Crippen molar-refractivity contribution in [1.29, 1.82) is 0 Å². The summed E-state index contributed by atoms with van der Waals surface area (Å²) in [6, 6.07) is 0.758. The average molecular weight is 354 g/mol. The lowest BCUT2D eigenvalue weighted by molar-refractivity contribution is -0.129. The summed E-state index contributed by atoms with van der Waals surface area (Å²) in [6.45, 7) is 4.25. The van der Waals surface area contributed by atoms with Gasteiger partial charge in [0.1, 0.15) is 5.69 Å². The van der Waals surface area contributed by atoms with E-state index in [1.165, 1.54) is 29.3 Å². The number of carbonyl (C=O) groups excluding carboxylic acids is 1. The highest BCUT2D eigenvalue weighted by Crippen LogP contribution is 2.33. The SMILES string of the molecule is O=C(c1cscn1)N1CCOC2(CCN(C3CCSC3)CC2)C1. The van der Waals surface area contributed by atoms with Crippen molar-refractivity contribution in [2.24, 2.45) is 0 Å². The summed E-state index contributed by atoms with van der Waals surface area (Å²) in [4.78, 5) is 21.3. The molecular formula is C16H23N3O2S2. The molecule has 5 nitrogen and oxygen atoms in total. The number of nitrogens with zero attached hydrogens (tertiary/aromatic N) is 3. The number of ether oxygens (including phenoxy) is 1. The number of piperidine rings is 1. The summed E-state index contributed by atoms with van der Waals surface area (Å²) < 4.78 is 6.17. The minimum absolute atomic E-state index is 0.0588. The first-order valence-electron chi connectivity index (χ1n) is 8.39. The third kappa shape index (κ3) is 3.29. The third-order valence-electron chi connectivity index (χ3n) is 5.32. The van der Waals surface area contributed by atoms with Gasteiger partial charge in [0.05, 0.1) is 24.3 Å². The highest BCUT2D eigenvalue weighted by atomic mass is 32.2. The zero-order chi connectivity index (χ0) is 15.7. The lowest BCUT2D eigenvalue weighted by Crippen LogP contribution is -2.59. The Bertz CT molecular complexity index is 538. The molecule has 3 aliphatic rings. The van der Waals surface area contributed by atoms with Gasteiger partial charge in [0.2, 0.25) is 0 Å². The maximum absolute atomic E-state index is 12.6. The Kier molecular flexibility index (Phi) is 4.63. The molecule has 4 heterocycles. The fraction of sp³-hybridized carbons (Fsp3) is 0.750. The molecule has 3 saturated heterocycles. The summed E-state index contributed by atoms with van der Waals surface area (Å²) in [5.74, 6) is 2.64. The number of thiazole rings is 1. The number of rotatable bonds is 2. The molecule has 1 atom stereocenters. The van der Waals surface area contributed by atoms with Gasteiger partial charge in [0.25, 0.3) is 5.91 Å². The van der Waals surface area contributed by atoms with Crippen molar-refractivity contribution in [3.05, 3.63) is 16.6 Å². The second-order valence-corrected chi connectivity index (χ2v) is 8.55. The number of aromatic nitrogens is 1. The van der Waals surface area contributed by atoms with Crippen LogP contribution in [0.15, 0.2) is 10.9 Å². The van der Waals surface area contributed by atoms with E-state index < -0.39 is 0 Å². The zero-order valence-corrected chi connectivity index (χ0v) is 14.9. The summed E-state index contributed by atoms with van der Waals surface area (Å²) in [5, 5.41) is 1.84. The van der Waals surface area contributed by atoms with Crippen LogP contribution in [0.2, 0.25) is 0 Å². The molecular weight excluding hydrogens is 330 g/mol. The molecule has 0 saturated carbocycles. The molecule has 1 aromatic heterocycles. The highest BCUT2D eigenvalue weighted by molar-refractivity contribution is 7.99. The minimum Gasteiger partial charge on any atom is -0.371 e. The third-order valence-corrected chi connectivity index (χ3v) is 7.05. The van der Waals surface area contributed by atoms with E-state index >= 15 is 0 Å². The number of thioether (sulfide) groups is 1. The number of hydrogen-bond acceptors (Lipinski definition) is 6. The van der Waals surface area contributed by atoms with Crippen LogP contribution < -0.4 is 0 Å². The van der Waals surface area contributed by atoms with E-state index in [0.717, 1.165) is 38.5 Å². The summed E-state index contributed by atoms with van der Waals surface area (Å²) >= 11 is 3.55. The van der Waals surface area contributed by atoms with Crippen molar-refractivity contribution in [3.8, 4) is 0 Å². The van der Waals surface area contributed by atoms with Crippen molar-refractivity contribution in [3.63, 3.8) is 0 Å². The van der Waals surface area contributed by atoms with Crippen LogP contribution >= 0.6 is 23.1 Å². The van der Waals surface area contributed by atoms with Crippen LogP contribution in [-0.2, 0) is 4.74 Å². The Morgan fingerprint density at radius 2 is 2.22 bits per heavy atom. The smallest absolute Gasteiger partial charge is 0.273 e. The molecule has 4 rings (SSSR count). The van der Waals surface area contributed by atoms with E-state index in [1.807, 2.05) is 10.3 Å². The van der Waals surface area contributed by atoms with Gasteiger partial charge in [-0.1, -0.05) is 0 Å². The molecule has 3 fully saturated rings. The van der Waals surface area contributed by atoms with E-state index in [9.17, 15) is 4.79 Å². The van der Waals surface area contributed by atoms with Gasteiger partial charge in [-0.25, -0.2) is 4.98 Å². The first-order chi connectivity index (χ1) is 11.3. The molecule has 1 unspecified atom stereocenters. The zero-order valence-electron chi connectivity index (χ0n) is 13.3. The van der Waals surface area contributed by atoms with Crippen molar-refractivity contribution in [2.45, 2.75) is 30.9 Å². The van der Waals surface area contributed by atoms with Crippen LogP contribution in [0.3, 0.4) is 0 Å². The van der Waals surface area contributed by atoms with E-state index in [4.69, 9.17) is 4.74 Å². The highest BCUT2D eigenvalue weighted by Gasteiger charge is 2.42. The van der Waals surface area contributed by atoms with Crippen molar-refractivity contribution < 1.29 is 9.53 Å². The van der Waals surface area contributed by atoms with Crippen LogP contribution in [0, 0.1) is 0 Å². The fourth-order valence-corrected chi connectivity index (χ4v) is 5.69. The quantitative estimate of drug-likeness (QED) is 0.813. The molecule has 0 N–H and O–H groups in total. The lowest BCUT2D eigenvalue weighted by atomic mass is 9.88. The molecule has 1 amide bonds. The summed E-state index contributed by atoms with van der Waals surface area (Å²) in [7, 11) is 0. The first-order valence-corrected chi connectivity index (χ1v) is 10.5. The van der Waals surface area contributed by atoms with Gasteiger partial charge in [0, 0.05) is 36.8 Å². The Balaban J connectivity index is 1.38. The Hall–Kier alpha value is -0.630. The summed E-state index contributed by atoms with van der Waals surface area (Å²) in [6.07, 6.45) is 3.40. The molecule has 3 aliphatic heterocycles. The number of amides is 1. The lowest BCUT2D eigenvalue weighted by Gasteiger charge is -2.48. The van der Waals surface area contributed by atoms with Crippen LogP contribution in [-0.4, -0.2) is 76.6 Å². The number of likely N-dealkylation sites (tertiary alicyclic amines) is 1. The van der Waals surface area contributed by atoms with Crippen LogP contribution in [0.1, 0.15) is 29.8 Å². The molecule has 1 aromatic rings. The molecule has 126 valence electrons. The maximum atomic E-state index is 12.6. The van der Waals surface area contributed by atoms with E-state index in [-0.39, 0.29) is 11.5 Å². The molecule has 0 aromatic carbocycles. The first kappa shape index (κ1) is 15.9. The van der Waals surface area contributed by atoms with Gasteiger partial charge in [-0.2, -0.15) is 11.8 Å². The Labute approximate surface area is 145 Å². The second-order valence-electron chi connectivity index (χ2n) is 6.69. The standard InChI is InChI=1S/C16H23N3O2S2/c20-15(14-10-23-12-17-14)19-6-7-21-16(11-19)2-4-18(5-3-16)13-1-8-22-9-13/h10,12-13H,1-9,11H2. The normalized spacial score (nSPS) is 28.3. The molecule has 0 bridgehead atoms. The molecule has 0 aliphatic carbocycles. The van der Waals surface area contributed by atoms with Crippen LogP contribution in [0.25, 0.3) is 0 Å². The van der Waals surface area contributed by atoms with Gasteiger partial charge in [-0.3, -0.25) is 9.69 Å². The second kappa shape index (κ2) is 6.70. The Morgan fingerprint density at radius 1 is 1.35 bits per heavy atom. The van der Waals surface area contributed by atoms with Gasteiger partial charge in [-0.05, 0) is 25.0 Å². The van der Waals surface area contributed by atoms with E-state index in [0.29, 0.717) is 18.8 Å². The molecule has 1 spiro atoms. The average Bonchev–Trinajstić information content (AvgIpc) is 3.29. The van der Waals surface area contributed by atoms with Gasteiger partial charge < -0.3 is 9.64 Å². The minimum atomic E-state index is -0.133. The number of carbonyl (C=O) groups is 1. The molecule has 7 heteroatoms. The number of hydrogen-bond donors (Lipinski definition) is 0. The maximum Gasteiger partial charge on any atom is 0.273 e. The van der Waals surface area contributed by atoms with Crippen LogP contribution in [0.4, 0.5) is 0 Å². The number of morpholine rings is 1. The summed E-state index contributed by atoms with van der Waals surface area (Å²) in [5.41, 5.74) is 2.17. The van der Waals surface area contributed by atoms with Crippen molar-refractivity contribution in [1.82, 2.24) is 14.8 Å². The van der Waals surface area contributed by atoms with E-state index in [2.05, 4.69) is 21.6 Å². The van der Waals surface area contributed by atoms with Gasteiger partial charge in [0.15, 0.2) is 0 Å². The van der Waals surface area contributed by atoms with Crippen molar-refractivity contribution >= 4 is 29.0 Å². The van der Waals surface area contributed by atoms with Crippen molar-refractivity contribution in [2.75, 3.05) is 44.3 Å². The topological polar surface area (TPSA) is 45.7 Å². The molecule has 23 heavy (non-hydrogen) atoms. The van der Waals surface area contributed by atoms with Crippen LogP contribution in [0.5, 0.6) is 0 Å². The van der Waals surface area contributed by atoms with Gasteiger partial charge >= 0.3 is 0 Å². The predicted octanol–water partition coefficient (Wildman–Crippen LogP) is 1.96. The van der Waals surface area contributed by atoms with E-state index in [1.54, 1.807) is 5.51 Å². The largest absolute Gasteiger partial charge is 0.371 e. The fourth-order valence-electron chi connectivity index (χ4n) is 3.91. The predicted molar refractivity (Wildman–Crippen MR) is 93.2 cm³/mol. The Morgan fingerprint density at radius 3 is 2.91 bits per heavy atom. The van der Waals surface area contributed by atoms with Gasteiger partial charge in [-0.15, -0.1) is 11.3 Å². The molecule has 0 radical (unpaired) electrons. The monoisotopic (exact) mass is 353 g/mol.